The van der Waals surface area contributed by atoms with Gasteiger partial charge in [0.25, 0.3) is 0 Å². The molecule has 0 aliphatic heterocycles. The number of benzene rings is 1. The number of halogens is 4. The van der Waals surface area contributed by atoms with E-state index in [1.807, 2.05) is 0 Å². The number of hydrogen-bond donors (Lipinski definition) is 3. The van der Waals surface area contributed by atoms with E-state index in [0.29, 0.717) is 23.1 Å². The molecule has 2 heterocycles. The van der Waals surface area contributed by atoms with Gasteiger partial charge in [-0.15, -0.1) is 13.2 Å². The van der Waals surface area contributed by atoms with Crippen molar-refractivity contribution in [1.82, 2.24) is 15.1 Å². The highest BCUT2D eigenvalue weighted by Gasteiger charge is 2.32. The van der Waals surface area contributed by atoms with Crippen LogP contribution in [0.3, 0.4) is 0 Å². The smallest absolute Gasteiger partial charge is 0.403 e. The van der Waals surface area contributed by atoms with Gasteiger partial charge >= 0.3 is 6.36 Å². The molecular formula is C23H24F4N6O2. The molecule has 3 aromatic rings. The molecule has 0 unspecified atom stereocenters. The van der Waals surface area contributed by atoms with Crippen LogP contribution >= 0.6 is 0 Å². The minimum atomic E-state index is -4.98. The Labute approximate surface area is 198 Å². The van der Waals surface area contributed by atoms with Crippen molar-refractivity contribution in [2.75, 3.05) is 5.32 Å². The Balaban J connectivity index is 1.38. The van der Waals surface area contributed by atoms with Crippen LogP contribution in [0, 0.1) is 17.1 Å². The first-order chi connectivity index (χ1) is 16.7. The third-order valence-corrected chi connectivity index (χ3v) is 5.89. The Bertz CT molecular complexity index is 1160. The predicted molar refractivity (Wildman–Crippen MR) is 120 cm³/mol. The van der Waals surface area contributed by atoms with Crippen LogP contribution < -0.4 is 15.8 Å². The molecule has 186 valence electrons. The van der Waals surface area contributed by atoms with E-state index in [1.165, 1.54) is 12.3 Å². The van der Waals surface area contributed by atoms with Gasteiger partial charge < -0.3 is 20.3 Å². The summed E-state index contributed by atoms with van der Waals surface area (Å²) in [7, 11) is 0. The third kappa shape index (κ3) is 6.46. The Morgan fingerprint density at radius 2 is 1.86 bits per heavy atom. The third-order valence-electron chi connectivity index (χ3n) is 5.89. The van der Waals surface area contributed by atoms with Crippen molar-refractivity contribution >= 4 is 17.3 Å². The number of nitrogens with zero attached hydrogens (tertiary/aromatic N) is 3. The van der Waals surface area contributed by atoms with Crippen LogP contribution in [-0.2, 0) is 0 Å². The zero-order chi connectivity index (χ0) is 25.0. The van der Waals surface area contributed by atoms with Crippen LogP contribution in [0.4, 0.5) is 29.1 Å². The van der Waals surface area contributed by atoms with Gasteiger partial charge in [0, 0.05) is 35.3 Å². The van der Waals surface area contributed by atoms with Crippen molar-refractivity contribution in [3.05, 3.63) is 48.2 Å². The molecule has 12 heteroatoms. The van der Waals surface area contributed by atoms with Crippen LogP contribution in [-0.4, -0.2) is 27.3 Å². The van der Waals surface area contributed by atoms with Crippen molar-refractivity contribution < 1.29 is 26.8 Å². The molecule has 1 saturated carbocycles. The first-order valence-electron chi connectivity index (χ1n) is 11.1. The lowest BCUT2D eigenvalue weighted by Crippen LogP contribution is -2.23. The summed E-state index contributed by atoms with van der Waals surface area (Å²) in [6.07, 6.45) is 1.93. The number of rotatable bonds is 6. The van der Waals surface area contributed by atoms with Crippen LogP contribution in [0.1, 0.15) is 50.3 Å². The van der Waals surface area contributed by atoms with Gasteiger partial charge in [-0.05, 0) is 49.9 Å². The number of nitrogens with two attached hydrogens (primary N) is 1. The number of nitrogens with one attached hydrogen (secondary N) is 2. The Morgan fingerprint density at radius 3 is 2.46 bits per heavy atom. The van der Waals surface area contributed by atoms with Crippen molar-refractivity contribution in [3.8, 4) is 17.1 Å². The largest absolute Gasteiger partial charge is 0.573 e. The number of hydrogen-bond acceptors (Lipinski definition) is 7. The molecule has 0 spiro atoms. The van der Waals surface area contributed by atoms with Crippen LogP contribution in [0.2, 0.25) is 0 Å². The number of pyridine rings is 1. The molecule has 1 aromatic carbocycles. The second-order valence-electron chi connectivity index (χ2n) is 8.42. The summed E-state index contributed by atoms with van der Waals surface area (Å²) in [6.45, 7) is 0. The topological polar surface area (TPSA) is 123 Å². The molecule has 2 aromatic heterocycles. The molecule has 8 nitrogen and oxygen atoms in total. The lowest BCUT2D eigenvalue weighted by molar-refractivity contribution is -0.275. The van der Waals surface area contributed by atoms with Gasteiger partial charge in [0.05, 0.1) is 5.84 Å². The number of amidine groups is 1. The Kier molecular flexibility index (Phi) is 7.17. The fourth-order valence-electron chi connectivity index (χ4n) is 4.12. The number of aromatic nitrogens is 3. The van der Waals surface area contributed by atoms with Gasteiger partial charge in [0.2, 0.25) is 11.7 Å². The monoisotopic (exact) mass is 492 g/mol. The standard InChI is InChI=1S/C23H24F4N6O2/c24-17-11-16(8-9-18(17)34-23(25,26)27)31-19-10-7-15(12-30-19)21-32-22(35-33-21)14-5-1-3-13(20(28)29)4-2-6-14/h7-14H,1-6H2,(H3,28,29)(H,30,31). The fourth-order valence-corrected chi connectivity index (χ4v) is 4.12. The van der Waals surface area contributed by atoms with E-state index in [1.54, 1.807) is 12.1 Å². The maximum Gasteiger partial charge on any atom is 0.573 e. The average molecular weight is 492 g/mol. The zero-order valence-electron chi connectivity index (χ0n) is 18.6. The highest BCUT2D eigenvalue weighted by atomic mass is 19.4. The maximum absolute atomic E-state index is 13.9. The summed E-state index contributed by atoms with van der Waals surface area (Å²) in [5, 5.41) is 14.5. The van der Waals surface area contributed by atoms with Gasteiger partial charge in [-0.1, -0.05) is 18.0 Å². The summed E-state index contributed by atoms with van der Waals surface area (Å²) in [6, 6.07) is 6.34. The van der Waals surface area contributed by atoms with Gasteiger partial charge in [-0.3, -0.25) is 5.41 Å². The van der Waals surface area contributed by atoms with E-state index >= 15 is 0 Å². The molecule has 0 radical (unpaired) electrons. The SMILES string of the molecule is N=C(N)C1CCCC(c2nc(-c3ccc(Nc4ccc(OC(F)(F)F)c(F)c4)nc3)no2)CCC1. The molecule has 35 heavy (non-hydrogen) atoms. The van der Waals surface area contributed by atoms with Crippen LogP contribution in [0.5, 0.6) is 5.75 Å². The summed E-state index contributed by atoms with van der Waals surface area (Å²) < 4.78 is 59.9. The molecule has 0 saturated heterocycles. The minimum absolute atomic E-state index is 0.148. The fraction of sp³-hybridized carbons (Fsp3) is 0.391. The van der Waals surface area contributed by atoms with E-state index in [4.69, 9.17) is 15.7 Å². The molecule has 4 N–H and O–H groups in total. The Hall–Kier alpha value is -3.70. The maximum atomic E-state index is 13.9. The van der Waals surface area contributed by atoms with Crippen molar-refractivity contribution in [1.29, 1.82) is 5.41 Å². The molecule has 1 aliphatic rings. The molecule has 0 atom stereocenters. The van der Waals surface area contributed by atoms with Crippen molar-refractivity contribution in [2.45, 2.75) is 50.8 Å². The second-order valence-corrected chi connectivity index (χ2v) is 8.42. The normalized spacial score (nSPS) is 19.0. The van der Waals surface area contributed by atoms with Gasteiger partial charge in [-0.25, -0.2) is 9.37 Å². The highest BCUT2D eigenvalue weighted by molar-refractivity contribution is 5.79. The van der Waals surface area contributed by atoms with E-state index in [0.717, 1.165) is 50.7 Å². The van der Waals surface area contributed by atoms with Crippen LogP contribution in [0.25, 0.3) is 11.4 Å². The van der Waals surface area contributed by atoms with E-state index in [9.17, 15) is 17.6 Å². The second kappa shape index (κ2) is 10.3. The summed E-state index contributed by atoms with van der Waals surface area (Å²) in [4.78, 5) is 8.77. The summed E-state index contributed by atoms with van der Waals surface area (Å²) in [5.41, 5.74) is 6.48. The number of anilines is 2. The lowest BCUT2D eigenvalue weighted by atomic mass is 9.85. The molecule has 0 amide bonds. The van der Waals surface area contributed by atoms with E-state index in [-0.39, 0.29) is 23.4 Å². The van der Waals surface area contributed by atoms with Crippen LogP contribution in [0.15, 0.2) is 41.1 Å². The number of alkyl halides is 3. The highest BCUT2D eigenvalue weighted by Crippen LogP contribution is 2.33. The molecule has 4 rings (SSSR count). The minimum Gasteiger partial charge on any atom is -0.403 e. The lowest BCUT2D eigenvalue weighted by Gasteiger charge is -2.21. The van der Waals surface area contributed by atoms with Gasteiger partial charge in [-0.2, -0.15) is 4.98 Å². The first kappa shape index (κ1) is 24.4. The molecule has 1 aliphatic carbocycles. The van der Waals surface area contributed by atoms with Crippen molar-refractivity contribution in [2.24, 2.45) is 11.7 Å². The summed E-state index contributed by atoms with van der Waals surface area (Å²) in [5.74, 6) is -0.209. The first-order valence-corrected chi connectivity index (χ1v) is 11.1. The predicted octanol–water partition coefficient (Wildman–Crippen LogP) is 5.90. The van der Waals surface area contributed by atoms with E-state index in [2.05, 4.69) is 25.2 Å². The average Bonchev–Trinajstić information content (AvgIpc) is 3.25. The Morgan fingerprint density at radius 1 is 1.11 bits per heavy atom. The quantitative estimate of drug-likeness (QED) is 0.222. The molecule has 0 bridgehead atoms. The zero-order valence-corrected chi connectivity index (χ0v) is 18.6. The molecule has 1 fully saturated rings. The summed E-state index contributed by atoms with van der Waals surface area (Å²) >= 11 is 0. The molecular weight excluding hydrogens is 468 g/mol. The van der Waals surface area contributed by atoms with Crippen molar-refractivity contribution in [3.63, 3.8) is 0 Å². The van der Waals surface area contributed by atoms with Gasteiger partial charge in [0.1, 0.15) is 5.82 Å². The number of ether oxygens (including phenoxy) is 1. The van der Waals surface area contributed by atoms with E-state index < -0.39 is 17.9 Å². The van der Waals surface area contributed by atoms with Gasteiger partial charge in [0.15, 0.2) is 11.6 Å².